The second-order valence-electron chi connectivity index (χ2n) is 7.12. The van der Waals surface area contributed by atoms with Crippen molar-refractivity contribution in [3.8, 4) is 0 Å². The summed E-state index contributed by atoms with van der Waals surface area (Å²) in [5, 5.41) is 1.45. The van der Waals surface area contributed by atoms with Crippen LogP contribution in [0.15, 0.2) is 36.4 Å². The highest BCUT2D eigenvalue weighted by Gasteiger charge is 2.47. The Balaban J connectivity index is 1.70. The quantitative estimate of drug-likeness (QED) is 0.720. The number of hydrogen-bond acceptors (Lipinski definition) is 1. The van der Waals surface area contributed by atoms with Crippen molar-refractivity contribution >= 4 is 10.9 Å². The number of H-pyrrole nitrogens is 1. The summed E-state index contributed by atoms with van der Waals surface area (Å²) in [7, 11) is 0. The molecule has 1 saturated heterocycles. The van der Waals surface area contributed by atoms with Crippen LogP contribution in [0.25, 0.3) is 10.9 Å². The summed E-state index contributed by atoms with van der Waals surface area (Å²) < 4.78 is 0. The van der Waals surface area contributed by atoms with Crippen LogP contribution in [0.2, 0.25) is 0 Å². The number of para-hydroxylation sites is 1. The molecule has 2 heteroatoms. The van der Waals surface area contributed by atoms with Gasteiger partial charge in [-0.1, -0.05) is 30.4 Å². The molecule has 0 radical (unpaired) electrons. The van der Waals surface area contributed by atoms with E-state index in [2.05, 4.69) is 53.2 Å². The Morgan fingerprint density at radius 2 is 2.00 bits per heavy atom. The number of rotatable bonds is 0. The summed E-state index contributed by atoms with van der Waals surface area (Å²) >= 11 is 0. The number of allylic oxidation sites excluding steroid dienone is 2. The predicted octanol–water partition coefficient (Wildman–Crippen LogP) is 4.05. The van der Waals surface area contributed by atoms with Crippen LogP contribution < -0.4 is 0 Å². The summed E-state index contributed by atoms with van der Waals surface area (Å²) in [6, 6.07) is 10.1. The lowest BCUT2D eigenvalue weighted by atomic mass is 9.79. The van der Waals surface area contributed by atoms with E-state index in [1.165, 1.54) is 42.4 Å². The van der Waals surface area contributed by atoms with Crippen LogP contribution in [0.4, 0.5) is 0 Å². The molecule has 1 aromatic carbocycles. The van der Waals surface area contributed by atoms with Crippen LogP contribution in [0.1, 0.15) is 37.1 Å². The zero-order valence-corrected chi connectivity index (χ0v) is 12.5. The van der Waals surface area contributed by atoms with Crippen molar-refractivity contribution in [1.29, 1.82) is 0 Å². The first-order valence-corrected chi connectivity index (χ1v) is 8.33. The van der Waals surface area contributed by atoms with Gasteiger partial charge in [-0.15, -0.1) is 0 Å². The number of aromatic nitrogens is 1. The van der Waals surface area contributed by atoms with Gasteiger partial charge in [0, 0.05) is 29.2 Å². The Morgan fingerprint density at radius 3 is 2.95 bits per heavy atom. The highest BCUT2D eigenvalue weighted by Crippen LogP contribution is 2.51. The van der Waals surface area contributed by atoms with E-state index in [0.29, 0.717) is 12.1 Å². The van der Waals surface area contributed by atoms with Gasteiger partial charge in [0.1, 0.15) is 0 Å². The number of hydrogen-bond donors (Lipinski definition) is 1. The third-order valence-corrected chi connectivity index (χ3v) is 6.04. The van der Waals surface area contributed by atoms with Gasteiger partial charge in [-0.25, -0.2) is 0 Å². The summed E-state index contributed by atoms with van der Waals surface area (Å²) in [5.41, 5.74) is 4.44. The maximum Gasteiger partial charge on any atom is 0.0538 e. The van der Waals surface area contributed by atoms with E-state index in [-0.39, 0.29) is 0 Å². The molecule has 4 atom stereocenters. The fraction of sp³-hybridized carbons (Fsp3) is 0.474. The fourth-order valence-corrected chi connectivity index (χ4v) is 5.06. The Labute approximate surface area is 125 Å². The smallest absolute Gasteiger partial charge is 0.0538 e. The molecular formula is C19H22N2. The molecule has 21 heavy (non-hydrogen) atoms. The van der Waals surface area contributed by atoms with Gasteiger partial charge >= 0.3 is 0 Å². The first-order chi connectivity index (χ1) is 10.3. The van der Waals surface area contributed by atoms with Crippen molar-refractivity contribution in [1.82, 2.24) is 9.88 Å². The topological polar surface area (TPSA) is 19.0 Å². The minimum atomic E-state index is 0.617. The number of fused-ring (bicyclic) bond motifs is 7. The molecule has 2 aromatic rings. The lowest BCUT2D eigenvalue weighted by molar-refractivity contribution is 0.153. The summed E-state index contributed by atoms with van der Waals surface area (Å²) in [6.07, 6.45) is 8.54. The van der Waals surface area contributed by atoms with Crippen LogP contribution in [0.5, 0.6) is 0 Å². The average molecular weight is 278 g/mol. The normalized spacial score (nSPS) is 34.7. The molecular weight excluding hydrogens is 256 g/mol. The third-order valence-electron chi connectivity index (χ3n) is 6.04. The molecule has 0 amide bonds. The number of aromatic amines is 1. The van der Waals surface area contributed by atoms with Gasteiger partial charge in [-0.05, 0) is 49.7 Å². The van der Waals surface area contributed by atoms with Crippen molar-refractivity contribution in [3.05, 3.63) is 47.7 Å². The zero-order valence-electron chi connectivity index (χ0n) is 12.5. The molecule has 3 heterocycles. The Morgan fingerprint density at radius 1 is 1.14 bits per heavy atom. The number of nitrogens with one attached hydrogen (secondary N) is 1. The molecule has 0 saturated carbocycles. The van der Waals surface area contributed by atoms with Gasteiger partial charge in [-0.3, -0.25) is 4.90 Å². The lowest BCUT2D eigenvalue weighted by Crippen LogP contribution is -2.39. The number of nitrogens with zero attached hydrogens (tertiary/aromatic N) is 1. The molecule has 2 aliphatic heterocycles. The van der Waals surface area contributed by atoms with Gasteiger partial charge < -0.3 is 4.98 Å². The van der Waals surface area contributed by atoms with E-state index >= 15 is 0 Å². The monoisotopic (exact) mass is 278 g/mol. The highest BCUT2D eigenvalue weighted by molar-refractivity contribution is 5.85. The van der Waals surface area contributed by atoms with Crippen molar-refractivity contribution < 1.29 is 0 Å². The van der Waals surface area contributed by atoms with E-state index in [4.69, 9.17) is 0 Å². The van der Waals surface area contributed by atoms with Crippen LogP contribution >= 0.6 is 0 Å². The molecule has 0 unspecified atom stereocenters. The van der Waals surface area contributed by atoms with E-state index in [1.807, 2.05) is 0 Å². The average Bonchev–Trinajstić information content (AvgIpc) is 3.06. The molecule has 108 valence electrons. The van der Waals surface area contributed by atoms with Crippen LogP contribution in [-0.2, 0) is 6.42 Å². The van der Waals surface area contributed by atoms with Crippen molar-refractivity contribution in [2.45, 2.75) is 38.3 Å². The summed E-state index contributed by atoms with van der Waals surface area (Å²) in [6.45, 7) is 3.71. The molecule has 0 bridgehead atoms. The van der Waals surface area contributed by atoms with Crippen LogP contribution in [-0.4, -0.2) is 22.5 Å². The Kier molecular flexibility index (Phi) is 2.43. The minimum Gasteiger partial charge on any atom is -0.357 e. The van der Waals surface area contributed by atoms with E-state index in [9.17, 15) is 0 Å². The molecule has 1 fully saturated rings. The van der Waals surface area contributed by atoms with E-state index in [1.54, 1.807) is 5.56 Å². The molecule has 1 aliphatic carbocycles. The van der Waals surface area contributed by atoms with Crippen molar-refractivity contribution in [3.63, 3.8) is 0 Å². The largest absolute Gasteiger partial charge is 0.357 e. The first-order valence-electron chi connectivity index (χ1n) is 8.33. The van der Waals surface area contributed by atoms with Crippen LogP contribution in [0.3, 0.4) is 0 Å². The second kappa shape index (κ2) is 4.23. The highest BCUT2D eigenvalue weighted by atomic mass is 15.2. The SMILES string of the molecule is C[C@@H]1Cc2c([nH]c3ccccc23)[C@@H]2[C@@H]3CC=CC[C@H]3CN12. The molecule has 1 aromatic heterocycles. The second-order valence-corrected chi connectivity index (χ2v) is 7.12. The maximum absolute atomic E-state index is 3.78. The molecule has 0 spiro atoms. The fourth-order valence-electron chi connectivity index (χ4n) is 5.06. The lowest BCUT2D eigenvalue weighted by Gasteiger charge is -2.37. The van der Waals surface area contributed by atoms with Crippen LogP contribution in [0, 0.1) is 11.8 Å². The number of benzene rings is 1. The van der Waals surface area contributed by atoms with Gasteiger partial charge in [0.05, 0.1) is 6.04 Å². The molecule has 5 rings (SSSR count). The summed E-state index contributed by atoms with van der Waals surface area (Å²) in [5.74, 6) is 1.67. The van der Waals surface area contributed by atoms with Gasteiger partial charge in [0.25, 0.3) is 0 Å². The maximum atomic E-state index is 3.78. The predicted molar refractivity (Wildman–Crippen MR) is 86.3 cm³/mol. The Bertz CT molecular complexity index is 726. The standard InChI is InChI=1S/C19H22N2/c1-12-10-16-15-8-4-5-9-17(15)20-18(16)19-14-7-3-2-6-13(14)11-21(12)19/h2-5,8-9,12-14,19-20H,6-7,10-11H2,1H3/t12-,13+,14-,19+/m1/s1. The first kappa shape index (κ1) is 12.0. The van der Waals surface area contributed by atoms with E-state index in [0.717, 1.165) is 11.8 Å². The molecule has 3 aliphatic rings. The molecule has 2 nitrogen and oxygen atoms in total. The Hall–Kier alpha value is -1.54. The van der Waals surface area contributed by atoms with Gasteiger partial charge in [0.15, 0.2) is 0 Å². The summed E-state index contributed by atoms with van der Waals surface area (Å²) in [4.78, 5) is 6.55. The van der Waals surface area contributed by atoms with Gasteiger partial charge in [-0.2, -0.15) is 0 Å². The van der Waals surface area contributed by atoms with Crippen molar-refractivity contribution in [2.75, 3.05) is 6.54 Å². The minimum absolute atomic E-state index is 0.617. The van der Waals surface area contributed by atoms with Gasteiger partial charge in [0.2, 0.25) is 0 Å². The zero-order chi connectivity index (χ0) is 14.0. The molecule has 1 N–H and O–H groups in total. The van der Waals surface area contributed by atoms with E-state index < -0.39 is 0 Å². The third kappa shape index (κ3) is 1.57. The van der Waals surface area contributed by atoms with Crippen molar-refractivity contribution in [2.24, 2.45) is 11.8 Å².